The van der Waals surface area contributed by atoms with Gasteiger partial charge in [0.25, 0.3) is 5.91 Å². The summed E-state index contributed by atoms with van der Waals surface area (Å²) in [6.07, 6.45) is 2.13. The molecule has 1 spiro atoms. The van der Waals surface area contributed by atoms with Crippen LogP contribution in [0.1, 0.15) is 40.0 Å². The number of amides is 4. The number of benzene rings is 1. The lowest BCUT2D eigenvalue weighted by Crippen LogP contribution is -2.54. The second kappa shape index (κ2) is 8.32. The van der Waals surface area contributed by atoms with Gasteiger partial charge in [-0.1, -0.05) is 44.0 Å². The zero-order chi connectivity index (χ0) is 23.3. The summed E-state index contributed by atoms with van der Waals surface area (Å²) in [6.45, 7) is 5.93. The minimum atomic E-state index is -0.934. The predicted octanol–water partition coefficient (Wildman–Crippen LogP) is 5.19. The van der Waals surface area contributed by atoms with Crippen molar-refractivity contribution in [3.63, 3.8) is 0 Å². The Labute approximate surface area is 200 Å². The predicted molar refractivity (Wildman–Crippen MR) is 126 cm³/mol. The quantitative estimate of drug-likeness (QED) is 0.571. The first-order chi connectivity index (χ1) is 15.0. The second-order valence-electron chi connectivity index (χ2n) is 9.47. The molecule has 2 aliphatic rings. The lowest BCUT2D eigenvalue weighted by molar-refractivity contribution is -0.136. The van der Waals surface area contributed by atoms with Crippen molar-refractivity contribution in [3.05, 3.63) is 33.6 Å². The first-order valence-corrected chi connectivity index (χ1v) is 12.0. The van der Waals surface area contributed by atoms with Gasteiger partial charge in [0.05, 0.1) is 10.7 Å². The molecule has 1 aromatic carbocycles. The number of thiazole rings is 1. The van der Waals surface area contributed by atoms with Crippen LogP contribution in [0, 0.1) is 11.3 Å². The van der Waals surface area contributed by atoms with E-state index in [0.717, 1.165) is 11.3 Å². The number of urea groups is 1. The highest BCUT2D eigenvalue weighted by Gasteiger charge is 2.56. The Morgan fingerprint density at radius 2 is 2.06 bits per heavy atom. The largest absolute Gasteiger partial charge is 0.325 e. The Bertz CT molecular complexity index is 1100. The van der Waals surface area contributed by atoms with Gasteiger partial charge in [0.15, 0.2) is 5.13 Å². The number of nitrogens with zero attached hydrogens (tertiary/aromatic N) is 2. The van der Waals surface area contributed by atoms with E-state index in [1.165, 1.54) is 11.3 Å². The van der Waals surface area contributed by atoms with Gasteiger partial charge >= 0.3 is 6.03 Å². The van der Waals surface area contributed by atoms with Crippen molar-refractivity contribution in [1.82, 2.24) is 15.2 Å². The second-order valence-corrected chi connectivity index (χ2v) is 11.2. The van der Waals surface area contributed by atoms with E-state index in [1.807, 2.05) is 0 Å². The Morgan fingerprint density at radius 1 is 1.31 bits per heavy atom. The zero-order valence-electron chi connectivity index (χ0n) is 18.0. The molecule has 2 aromatic rings. The summed E-state index contributed by atoms with van der Waals surface area (Å²) in [4.78, 5) is 43.8. The fourth-order valence-corrected chi connectivity index (χ4v) is 6.21. The Balaban J connectivity index is 1.45. The van der Waals surface area contributed by atoms with Crippen LogP contribution < -0.4 is 10.6 Å². The van der Waals surface area contributed by atoms with Crippen molar-refractivity contribution < 1.29 is 14.4 Å². The highest BCUT2D eigenvalue weighted by atomic mass is 35.5. The van der Waals surface area contributed by atoms with Gasteiger partial charge in [-0.3, -0.25) is 14.5 Å². The molecule has 1 aliphatic carbocycles. The van der Waals surface area contributed by atoms with Gasteiger partial charge in [0.2, 0.25) is 5.91 Å². The minimum absolute atomic E-state index is 0.0717. The van der Waals surface area contributed by atoms with Gasteiger partial charge in [-0.15, -0.1) is 11.3 Å². The van der Waals surface area contributed by atoms with Crippen molar-refractivity contribution in [2.75, 3.05) is 11.9 Å². The molecule has 2 N–H and O–H groups in total. The van der Waals surface area contributed by atoms with Gasteiger partial charge in [-0.25, -0.2) is 9.78 Å². The molecule has 10 heteroatoms. The molecule has 0 radical (unpaired) electrons. The van der Waals surface area contributed by atoms with E-state index in [1.54, 1.807) is 23.6 Å². The van der Waals surface area contributed by atoms with Crippen LogP contribution in [0.2, 0.25) is 10.0 Å². The van der Waals surface area contributed by atoms with E-state index in [2.05, 4.69) is 36.4 Å². The van der Waals surface area contributed by atoms with Gasteiger partial charge in [0.1, 0.15) is 12.1 Å². The standard InChI is InChI=1S/C22H24Cl2N4O3S/c1-12-7-21(2,3)11-22(8-12)18(30)28(20(31)27-22)9-17(29)26-19-25-16(10-32-19)14-6-13(23)4-5-15(14)24/h4-6,10,12H,7-9,11H2,1-3H3,(H,27,31)(H,25,26,29). The van der Waals surface area contributed by atoms with Crippen LogP contribution in [0.5, 0.6) is 0 Å². The molecule has 2 unspecified atom stereocenters. The van der Waals surface area contributed by atoms with E-state index in [-0.39, 0.29) is 17.9 Å². The number of halogens is 2. The molecule has 1 aliphatic heterocycles. The fourth-order valence-electron chi connectivity index (χ4n) is 5.10. The first kappa shape index (κ1) is 23.0. The summed E-state index contributed by atoms with van der Waals surface area (Å²) in [5, 5.41) is 8.66. The third kappa shape index (κ3) is 4.49. The third-order valence-corrected chi connectivity index (χ3v) is 7.20. The maximum absolute atomic E-state index is 13.2. The summed E-state index contributed by atoms with van der Waals surface area (Å²) in [5.74, 6) is -0.529. The van der Waals surface area contributed by atoms with E-state index in [4.69, 9.17) is 23.2 Å². The number of imide groups is 1. The van der Waals surface area contributed by atoms with Gasteiger partial charge in [-0.05, 0) is 48.8 Å². The summed E-state index contributed by atoms with van der Waals surface area (Å²) in [6, 6.07) is 4.53. The van der Waals surface area contributed by atoms with Crippen LogP contribution in [0.25, 0.3) is 11.3 Å². The average molecular weight is 495 g/mol. The number of aromatic nitrogens is 1. The van der Waals surface area contributed by atoms with Crippen LogP contribution in [0.4, 0.5) is 9.93 Å². The van der Waals surface area contributed by atoms with Crippen molar-refractivity contribution in [2.45, 2.75) is 45.6 Å². The molecular weight excluding hydrogens is 471 g/mol. The lowest BCUT2D eigenvalue weighted by Gasteiger charge is -2.43. The molecule has 1 aromatic heterocycles. The van der Waals surface area contributed by atoms with Crippen LogP contribution in [-0.2, 0) is 9.59 Å². The maximum atomic E-state index is 13.2. The molecule has 1 saturated heterocycles. The molecule has 2 heterocycles. The highest BCUT2D eigenvalue weighted by Crippen LogP contribution is 2.46. The molecule has 7 nitrogen and oxygen atoms in total. The summed E-state index contributed by atoms with van der Waals surface area (Å²) in [7, 11) is 0. The number of nitrogens with one attached hydrogen (secondary N) is 2. The van der Waals surface area contributed by atoms with Gasteiger partial charge in [-0.2, -0.15) is 0 Å². The highest BCUT2D eigenvalue weighted by molar-refractivity contribution is 7.14. The number of hydrogen-bond donors (Lipinski definition) is 2. The third-order valence-electron chi connectivity index (χ3n) is 5.88. The molecule has 1 saturated carbocycles. The Morgan fingerprint density at radius 3 is 2.78 bits per heavy atom. The lowest BCUT2D eigenvalue weighted by atomic mass is 9.64. The van der Waals surface area contributed by atoms with Gasteiger partial charge < -0.3 is 10.6 Å². The maximum Gasteiger partial charge on any atom is 0.325 e. The number of rotatable bonds is 4. The molecule has 2 atom stereocenters. The van der Waals surface area contributed by atoms with E-state index >= 15 is 0 Å². The molecular formula is C22H24Cl2N4O3S. The van der Waals surface area contributed by atoms with E-state index in [0.29, 0.717) is 45.2 Å². The first-order valence-electron chi connectivity index (χ1n) is 10.3. The van der Waals surface area contributed by atoms with E-state index < -0.39 is 17.5 Å². The van der Waals surface area contributed by atoms with Crippen LogP contribution in [0.3, 0.4) is 0 Å². The normalized spacial score (nSPS) is 24.7. The molecule has 4 rings (SSSR count). The molecule has 170 valence electrons. The molecule has 32 heavy (non-hydrogen) atoms. The van der Waals surface area contributed by atoms with Crippen molar-refractivity contribution >= 4 is 57.5 Å². The fraction of sp³-hybridized carbons (Fsp3) is 0.455. The summed E-state index contributed by atoms with van der Waals surface area (Å²) in [5.41, 5.74) is 0.222. The molecule has 4 amide bonds. The van der Waals surface area contributed by atoms with Gasteiger partial charge in [0, 0.05) is 16.0 Å². The smallest absolute Gasteiger partial charge is 0.323 e. The number of hydrogen-bond acceptors (Lipinski definition) is 5. The van der Waals surface area contributed by atoms with Crippen LogP contribution >= 0.6 is 34.5 Å². The number of anilines is 1. The van der Waals surface area contributed by atoms with E-state index in [9.17, 15) is 14.4 Å². The summed E-state index contributed by atoms with van der Waals surface area (Å²) < 4.78 is 0. The van der Waals surface area contributed by atoms with Crippen LogP contribution in [-0.4, -0.2) is 39.8 Å². The number of carbonyl (C=O) groups is 3. The zero-order valence-corrected chi connectivity index (χ0v) is 20.3. The average Bonchev–Trinajstić information content (AvgIpc) is 3.20. The van der Waals surface area contributed by atoms with Crippen LogP contribution in [0.15, 0.2) is 23.6 Å². The SMILES string of the molecule is CC1CC(C)(C)CC2(C1)NC(=O)N(CC(=O)Nc1nc(-c3cc(Cl)ccc3Cl)cs1)C2=O. The molecule has 2 fully saturated rings. The van der Waals surface area contributed by atoms with Crippen molar-refractivity contribution in [1.29, 1.82) is 0 Å². The Hall–Kier alpha value is -2.16. The monoisotopic (exact) mass is 494 g/mol. The molecule has 0 bridgehead atoms. The minimum Gasteiger partial charge on any atom is -0.323 e. The van der Waals surface area contributed by atoms with Crippen molar-refractivity contribution in [3.8, 4) is 11.3 Å². The summed E-state index contributed by atoms with van der Waals surface area (Å²) >= 11 is 13.5. The topological polar surface area (TPSA) is 91.4 Å². The Kier molecular flexibility index (Phi) is 5.98. The van der Waals surface area contributed by atoms with Crippen molar-refractivity contribution in [2.24, 2.45) is 11.3 Å². The number of carbonyl (C=O) groups excluding carboxylic acids is 3.